The van der Waals surface area contributed by atoms with Crippen molar-refractivity contribution in [2.75, 3.05) is 0 Å². The Morgan fingerprint density at radius 1 is 1.15 bits per heavy atom. The van der Waals surface area contributed by atoms with Crippen LogP contribution in [0.1, 0.15) is 49.7 Å². The highest BCUT2D eigenvalue weighted by atomic mass is 14.8. The Labute approximate surface area is 79.4 Å². The van der Waals surface area contributed by atoms with Crippen LogP contribution in [0.15, 0.2) is 6.20 Å². The molecule has 0 bridgehead atoms. The summed E-state index contributed by atoms with van der Waals surface area (Å²) in [7, 11) is 0. The first-order valence-electron chi connectivity index (χ1n) is 5.12. The first-order valence-corrected chi connectivity index (χ1v) is 5.12. The van der Waals surface area contributed by atoms with Gasteiger partial charge in [-0.25, -0.2) is 0 Å². The third-order valence-electron chi connectivity index (χ3n) is 2.62. The lowest BCUT2D eigenvalue weighted by atomic mass is 10.00. The summed E-state index contributed by atoms with van der Waals surface area (Å²) < 4.78 is 0. The van der Waals surface area contributed by atoms with Gasteiger partial charge in [0.25, 0.3) is 0 Å². The molecule has 70 valence electrons. The Bertz CT molecular complexity index is 305. The summed E-state index contributed by atoms with van der Waals surface area (Å²) in [5.41, 5.74) is 3.62. The van der Waals surface area contributed by atoms with E-state index < -0.39 is 0 Å². The quantitative estimate of drug-likeness (QED) is 0.657. The molecule has 1 heterocycles. The first kappa shape index (κ1) is 8.67. The summed E-state index contributed by atoms with van der Waals surface area (Å²) in [6, 6.07) is 0. The molecule has 0 saturated heterocycles. The van der Waals surface area contributed by atoms with Crippen molar-refractivity contribution in [1.29, 1.82) is 0 Å². The van der Waals surface area contributed by atoms with E-state index in [1.165, 1.54) is 24.2 Å². The lowest BCUT2D eigenvalue weighted by Crippen LogP contribution is -2.10. The van der Waals surface area contributed by atoms with Crippen LogP contribution in [0.2, 0.25) is 0 Å². The van der Waals surface area contributed by atoms with Gasteiger partial charge >= 0.3 is 0 Å². The van der Waals surface area contributed by atoms with Gasteiger partial charge in [0, 0.05) is 6.20 Å². The van der Waals surface area contributed by atoms with Crippen molar-refractivity contribution in [3.05, 3.63) is 23.3 Å². The van der Waals surface area contributed by atoms with Gasteiger partial charge in [0.05, 0.1) is 17.1 Å². The number of aryl methyl sites for hydroxylation is 2. The largest absolute Gasteiger partial charge is 0.257 e. The maximum absolute atomic E-state index is 4.65. The average molecular weight is 176 g/mol. The molecule has 0 fully saturated rings. The van der Waals surface area contributed by atoms with E-state index in [9.17, 15) is 0 Å². The lowest BCUT2D eigenvalue weighted by Gasteiger charge is -2.15. The minimum absolute atomic E-state index is 0.500. The number of fused-ring (bicyclic) bond motifs is 1. The predicted octanol–water partition coefficient (Wildman–Crippen LogP) is 2.48. The fraction of sp³-hybridized carbons (Fsp3) is 0.636. The van der Waals surface area contributed by atoms with Crippen LogP contribution in [0.3, 0.4) is 0 Å². The van der Waals surface area contributed by atoms with Crippen molar-refractivity contribution in [3.63, 3.8) is 0 Å². The smallest absolute Gasteiger partial charge is 0.0622 e. The highest BCUT2D eigenvalue weighted by molar-refractivity contribution is 5.18. The van der Waals surface area contributed by atoms with E-state index in [2.05, 4.69) is 23.8 Å². The predicted molar refractivity (Wildman–Crippen MR) is 52.8 cm³/mol. The van der Waals surface area contributed by atoms with E-state index in [0.29, 0.717) is 5.92 Å². The molecule has 0 aliphatic heterocycles. The molecule has 1 aliphatic rings. The topological polar surface area (TPSA) is 25.8 Å². The second kappa shape index (κ2) is 3.44. The molecule has 0 saturated carbocycles. The summed E-state index contributed by atoms with van der Waals surface area (Å²) in [5, 5.41) is 0. The fourth-order valence-electron chi connectivity index (χ4n) is 1.74. The standard InChI is InChI=1S/C11H16N2/c1-8(2)11-7-12-9-5-3-4-6-10(9)13-11/h7-8H,3-6H2,1-2H3. The zero-order chi connectivity index (χ0) is 9.26. The Morgan fingerprint density at radius 3 is 2.54 bits per heavy atom. The monoisotopic (exact) mass is 176 g/mol. The van der Waals surface area contributed by atoms with Crippen LogP contribution in [0.25, 0.3) is 0 Å². The fourth-order valence-corrected chi connectivity index (χ4v) is 1.74. The molecule has 2 nitrogen and oxygen atoms in total. The van der Waals surface area contributed by atoms with Crippen molar-refractivity contribution < 1.29 is 0 Å². The first-order chi connectivity index (χ1) is 6.27. The van der Waals surface area contributed by atoms with Crippen LogP contribution in [0.4, 0.5) is 0 Å². The van der Waals surface area contributed by atoms with Crippen LogP contribution in [-0.2, 0) is 12.8 Å². The van der Waals surface area contributed by atoms with Crippen molar-refractivity contribution in [2.24, 2.45) is 0 Å². The van der Waals surface area contributed by atoms with Gasteiger partial charge in [-0.15, -0.1) is 0 Å². The molecule has 0 radical (unpaired) electrons. The van der Waals surface area contributed by atoms with Gasteiger partial charge in [0.15, 0.2) is 0 Å². The molecule has 0 amide bonds. The van der Waals surface area contributed by atoms with Crippen molar-refractivity contribution in [2.45, 2.75) is 45.4 Å². The molecule has 1 aromatic heterocycles. The molecule has 1 aromatic rings. The minimum atomic E-state index is 0.500. The second-order valence-electron chi connectivity index (χ2n) is 4.05. The van der Waals surface area contributed by atoms with Crippen LogP contribution in [-0.4, -0.2) is 9.97 Å². The van der Waals surface area contributed by atoms with Crippen molar-refractivity contribution in [1.82, 2.24) is 9.97 Å². The number of rotatable bonds is 1. The molecule has 13 heavy (non-hydrogen) atoms. The van der Waals surface area contributed by atoms with E-state index in [0.717, 1.165) is 18.5 Å². The third kappa shape index (κ3) is 1.71. The molecule has 0 unspecified atom stereocenters. The molecule has 0 N–H and O–H groups in total. The van der Waals surface area contributed by atoms with Gasteiger partial charge in [0.2, 0.25) is 0 Å². The Morgan fingerprint density at radius 2 is 1.85 bits per heavy atom. The normalized spacial score (nSPS) is 15.9. The van der Waals surface area contributed by atoms with Crippen molar-refractivity contribution >= 4 is 0 Å². The zero-order valence-corrected chi connectivity index (χ0v) is 8.38. The molecular weight excluding hydrogens is 160 g/mol. The van der Waals surface area contributed by atoms with E-state index in [-0.39, 0.29) is 0 Å². The minimum Gasteiger partial charge on any atom is -0.257 e. The van der Waals surface area contributed by atoms with Gasteiger partial charge in [-0.05, 0) is 31.6 Å². The van der Waals surface area contributed by atoms with Crippen molar-refractivity contribution in [3.8, 4) is 0 Å². The maximum atomic E-state index is 4.65. The number of hydrogen-bond donors (Lipinski definition) is 0. The summed E-state index contributed by atoms with van der Waals surface area (Å²) in [6.07, 6.45) is 6.75. The van der Waals surface area contributed by atoms with E-state index in [4.69, 9.17) is 0 Å². The molecule has 2 rings (SSSR count). The average Bonchev–Trinajstić information content (AvgIpc) is 2.17. The Kier molecular flexibility index (Phi) is 2.30. The van der Waals surface area contributed by atoms with Crippen LogP contribution in [0.5, 0.6) is 0 Å². The van der Waals surface area contributed by atoms with E-state index in [1.54, 1.807) is 0 Å². The summed E-state index contributed by atoms with van der Waals surface area (Å²) in [5.74, 6) is 0.500. The Balaban J connectivity index is 2.35. The Hall–Kier alpha value is -0.920. The summed E-state index contributed by atoms with van der Waals surface area (Å²) in [6.45, 7) is 4.33. The van der Waals surface area contributed by atoms with Gasteiger partial charge in [0.1, 0.15) is 0 Å². The van der Waals surface area contributed by atoms with E-state index in [1.807, 2.05) is 6.20 Å². The highest BCUT2D eigenvalue weighted by Gasteiger charge is 2.13. The van der Waals surface area contributed by atoms with Crippen LogP contribution < -0.4 is 0 Å². The molecule has 0 atom stereocenters. The number of aromatic nitrogens is 2. The van der Waals surface area contributed by atoms with Gasteiger partial charge in [-0.1, -0.05) is 13.8 Å². The van der Waals surface area contributed by atoms with E-state index >= 15 is 0 Å². The molecule has 2 heteroatoms. The number of hydrogen-bond acceptors (Lipinski definition) is 2. The highest BCUT2D eigenvalue weighted by Crippen LogP contribution is 2.19. The molecule has 1 aliphatic carbocycles. The number of nitrogens with zero attached hydrogens (tertiary/aromatic N) is 2. The van der Waals surface area contributed by atoms with Gasteiger partial charge < -0.3 is 0 Å². The van der Waals surface area contributed by atoms with Crippen LogP contribution >= 0.6 is 0 Å². The summed E-state index contributed by atoms with van der Waals surface area (Å²) >= 11 is 0. The third-order valence-corrected chi connectivity index (χ3v) is 2.62. The lowest BCUT2D eigenvalue weighted by molar-refractivity contribution is 0.636. The van der Waals surface area contributed by atoms with Gasteiger partial charge in [-0.2, -0.15) is 0 Å². The van der Waals surface area contributed by atoms with Crippen LogP contribution in [0, 0.1) is 0 Å². The zero-order valence-electron chi connectivity index (χ0n) is 8.38. The molecular formula is C11H16N2. The molecule has 0 aromatic carbocycles. The second-order valence-corrected chi connectivity index (χ2v) is 4.05. The molecule has 0 spiro atoms. The summed E-state index contributed by atoms with van der Waals surface area (Å²) in [4.78, 5) is 9.13. The van der Waals surface area contributed by atoms with Gasteiger partial charge in [-0.3, -0.25) is 9.97 Å². The SMILES string of the molecule is CC(C)c1cnc2c(n1)CCCC2. The maximum Gasteiger partial charge on any atom is 0.0622 e.